The first-order chi connectivity index (χ1) is 12.3. The fraction of sp³-hybridized carbons (Fsp3) is 0.174. The van der Waals surface area contributed by atoms with Gasteiger partial charge in [0.05, 0.1) is 7.11 Å². The lowest BCUT2D eigenvalue weighted by Crippen LogP contribution is -2.30. The van der Waals surface area contributed by atoms with E-state index in [2.05, 4.69) is 71.3 Å². The van der Waals surface area contributed by atoms with Crippen LogP contribution in [0.25, 0.3) is 0 Å². The largest absolute Gasteiger partial charge is 0.497 e. The Morgan fingerprint density at radius 2 is 1.56 bits per heavy atom. The normalized spacial score (nSPS) is 13.5. The van der Waals surface area contributed by atoms with Gasteiger partial charge in [0.15, 0.2) is 6.54 Å². The third-order valence-corrected chi connectivity index (χ3v) is 4.82. The smallest absolute Gasteiger partial charge is 0.215 e. The van der Waals surface area contributed by atoms with E-state index in [4.69, 9.17) is 4.74 Å². The first-order valence-electron chi connectivity index (χ1n) is 8.73. The minimum Gasteiger partial charge on any atom is -0.497 e. The zero-order valence-corrected chi connectivity index (χ0v) is 14.5. The van der Waals surface area contributed by atoms with Gasteiger partial charge in [-0.25, -0.2) is 4.58 Å². The summed E-state index contributed by atoms with van der Waals surface area (Å²) in [5.41, 5.74) is 6.66. The van der Waals surface area contributed by atoms with Gasteiger partial charge in [0.2, 0.25) is 5.71 Å². The van der Waals surface area contributed by atoms with Crippen LogP contribution in [0.15, 0.2) is 78.9 Å². The molecule has 3 aromatic rings. The van der Waals surface area contributed by atoms with Crippen LogP contribution in [0.2, 0.25) is 0 Å². The molecule has 0 aromatic heterocycles. The lowest BCUT2D eigenvalue weighted by Gasteiger charge is -2.19. The summed E-state index contributed by atoms with van der Waals surface area (Å²) < 4.78 is 7.83. The van der Waals surface area contributed by atoms with E-state index in [0.717, 1.165) is 25.3 Å². The summed E-state index contributed by atoms with van der Waals surface area (Å²) in [6.45, 7) is 1.96. The van der Waals surface area contributed by atoms with Crippen LogP contribution in [-0.2, 0) is 13.0 Å². The van der Waals surface area contributed by atoms with Crippen molar-refractivity contribution in [2.24, 2.45) is 0 Å². The summed E-state index contributed by atoms with van der Waals surface area (Å²) in [6.07, 6.45) is 1.09. The summed E-state index contributed by atoms with van der Waals surface area (Å²) in [4.78, 5) is 0. The zero-order chi connectivity index (χ0) is 17.1. The highest BCUT2D eigenvalue weighted by Crippen LogP contribution is 2.23. The van der Waals surface area contributed by atoms with Crippen LogP contribution >= 0.6 is 0 Å². The number of rotatable bonds is 4. The van der Waals surface area contributed by atoms with E-state index in [1.165, 1.54) is 28.0 Å². The van der Waals surface area contributed by atoms with E-state index in [9.17, 15) is 0 Å². The predicted molar refractivity (Wildman–Crippen MR) is 102 cm³/mol. The maximum absolute atomic E-state index is 5.33. The van der Waals surface area contributed by atoms with Gasteiger partial charge in [-0.2, -0.15) is 0 Å². The summed E-state index contributed by atoms with van der Waals surface area (Å²) in [6, 6.07) is 27.9. The molecule has 0 spiro atoms. The van der Waals surface area contributed by atoms with Crippen LogP contribution in [0.4, 0.5) is 0 Å². The van der Waals surface area contributed by atoms with Gasteiger partial charge in [0.25, 0.3) is 0 Å². The molecule has 1 heterocycles. The molecule has 0 fully saturated rings. The van der Waals surface area contributed by atoms with E-state index >= 15 is 0 Å². The Balaban J connectivity index is 1.83. The third-order valence-electron chi connectivity index (χ3n) is 4.82. The van der Waals surface area contributed by atoms with Crippen LogP contribution in [-0.4, -0.2) is 23.9 Å². The van der Waals surface area contributed by atoms with Crippen molar-refractivity contribution in [3.05, 3.63) is 101 Å². The van der Waals surface area contributed by atoms with E-state index in [-0.39, 0.29) is 0 Å². The second kappa shape index (κ2) is 6.94. The van der Waals surface area contributed by atoms with E-state index in [1.807, 2.05) is 12.1 Å². The van der Waals surface area contributed by atoms with Crippen molar-refractivity contribution in [2.45, 2.75) is 13.0 Å². The van der Waals surface area contributed by atoms with Gasteiger partial charge in [-0.3, -0.25) is 0 Å². The molecular formula is C23H22NO+. The Kier molecular flexibility index (Phi) is 4.34. The highest BCUT2D eigenvalue weighted by atomic mass is 16.5. The van der Waals surface area contributed by atoms with Gasteiger partial charge in [0, 0.05) is 23.1 Å². The summed E-state index contributed by atoms with van der Waals surface area (Å²) >= 11 is 0. The Morgan fingerprint density at radius 1 is 0.840 bits per heavy atom. The summed E-state index contributed by atoms with van der Waals surface area (Å²) in [7, 11) is 1.71. The molecule has 25 heavy (non-hydrogen) atoms. The first-order valence-corrected chi connectivity index (χ1v) is 8.73. The lowest BCUT2D eigenvalue weighted by atomic mass is 9.92. The molecule has 2 heteroatoms. The standard InChI is InChI=1S/C23H22NO/c1-25-21-13-11-20(12-14-21)23-22-10-6-5-9-19(22)15-16-24(23)17-18-7-3-2-4-8-18/h2-14H,15-17H2,1H3/q+1. The molecule has 0 unspecified atom stereocenters. The van der Waals surface area contributed by atoms with Crippen LogP contribution < -0.4 is 4.74 Å². The lowest BCUT2D eigenvalue weighted by molar-refractivity contribution is -0.544. The Hall–Kier alpha value is -2.87. The molecule has 124 valence electrons. The highest BCUT2D eigenvalue weighted by molar-refractivity contribution is 6.11. The molecule has 0 atom stereocenters. The Bertz CT molecular complexity index is 895. The maximum Gasteiger partial charge on any atom is 0.215 e. The van der Waals surface area contributed by atoms with Crippen LogP contribution in [0.5, 0.6) is 5.75 Å². The fourth-order valence-electron chi connectivity index (χ4n) is 3.56. The van der Waals surface area contributed by atoms with Gasteiger partial charge in [-0.05, 0) is 35.9 Å². The van der Waals surface area contributed by atoms with E-state index in [1.54, 1.807) is 7.11 Å². The summed E-state index contributed by atoms with van der Waals surface area (Å²) in [5.74, 6) is 0.892. The van der Waals surface area contributed by atoms with E-state index < -0.39 is 0 Å². The molecule has 0 amide bonds. The van der Waals surface area contributed by atoms with Crippen LogP contribution in [0.1, 0.15) is 22.3 Å². The van der Waals surface area contributed by atoms with Crippen molar-refractivity contribution >= 4 is 5.71 Å². The van der Waals surface area contributed by atoms with Crippen molar-refractivity contribution in [2.75, 3.05) is 13.7 Å². The average Bonchev–Trinajstić information content (AvgIpc) is 2.69. The van der Waals surface area contributed by atoms with Crippen molar-refractivity contribution < 1.29 is 9.31 Å². The summed E-state index contributed by atoms with van der Waals surface area (Å²) in [5, 5.41) is 0. The van der Waals surface area contributed by atoms with Gasteiger partial charge in [-0.15, -0.1) is 0 Å². The predicted octanol–water partition coefficient (Wildman–Crippen LogP) is 4.30. The fourth-order valence-corrected chi connectivity index (χ4v) is 3.56. The molecule has 3 aromatic carbocycles. The second-order valence-electron chi connectivity index (χ2n) is 6.39. The number of ether oxygens (including phenoxy) is 1. The molecular weight excluding hydrogens is 306 g/mol. The topological polar surface area (TPSA) is 12.2 Å². The molecule has 0 aliphatic carbocycles. The van der Waals surface area contributed by atoms with Crippen molar-refractivity contribution in [1.29, 1.82) is 0 Å². The van der Waals surface area contributed by atoms with Gasteiger partial charge < -0.3 is 4.74 Å². The minimum atomic E-state index is 0.892. The Labute approximate surface area is 149 Å². The number of hydrogen-bond acceptors (Lipinski definition) is 1. The quantitative estimate of drug-likeness (QED) is 0.650. The minimum absolute atomic E-state index is 0.892. The molecule has 2 nitrogen and oxygen atoms in total. The second-order valence-corrected chi connectivity index (χ2v) is 6.39. The molecule has 0 saturated carbocycles. The van der Waals surface area contributed by atoms with Crippen LogP contribution in [0, 0.1) is 0 Å². The van der Waals surface area contributed by atoms with Gasteiger partial charge in [-0.1, -0.05) is 48.5 Å². The molecule has 0 radical (unpaired) electrons. The number of hydrogen-bond donors (Lipinski definition) is 0. The third kappa shape index (κ3) is 3.20. The molecule has 1 aliphatic rings. The Morgan fingerprint density at radius 3 is 2.32 bits per heavy atom. The van der Waals surface area contributed by atoms with E-state index in [0.29, 0.717) is 0 Å². The average molecular weight is 328 g/mol. The molecule has 0 N–H and O–H groups in total. The number of fused-ring (bicyclic) bond motifs is 1. The molecule has 4 rings (SSSR count). The number of nitrogens with zero attached hydrogens (tertiary/aromatic N) is 1. The van der Waals surface area contributed by atoms with Crippen molar-refractivity contribution in [3.63, 3.8) is 0 Å². The molecule has 0 saturated heterocycles. The first kappa shape index (κ1) is 15.6. The van der Waals surface area contributed by atoms with Crippen molar-refractivity contribution in [3.8, 4) is 5.75 Å². The maximum atomic E-state index is 5.33. The van der Waals surface area contributed by atoms with Gasteiger partial charge >= 0.3 is 0 Å². The monoisotopic (exact) mass is 328 g/mol. The number of methoxy groups -OCH3 is 1. The number of benzene rings is 3. The highest BCUT2D eigenvalue weighted by Gasteiger charge is 2.26. The molecule has 1 aliphatic heterocycles. The van der Waals surface area contributed by atoms with Gasteiger partial charge in [0.1, 0.15) is 12.3 Å². The molecule has 0 bridgehead atoms. The van der Waals surface area contributed by atoms with Crippen LogP contribution in [0.3, 0.4) is 0 Å². The van der Waals surface area contributed by atoms with Crippen molar-refractivity contribution in [1.82, 2.24) is 0 Å². The SMILES string of the molecule is COc1ccc(C2=[N+](Cc3ccccc3)CCc3ccccc32)cc1. The zero-order valence-electron chi connectivity index (χ0n) is 14.5.